The minimum Gasteiger partial charge on any atom is -0.543 e. The Kier molecular flexibility index (Phi) is 10.7. The van der Waals surface area contributed by atoms with E-state index < -0.39 is 63.9 Å². The molecule has 3 amide bonds. The second-order valence-electron chi connectivity index (χ2n) is 12.7. The first-order valence-corrected chi connectivity index (χ1v) is 17.6. The minimum atomic E-state index is -1.80. The summed E-state index contributed by atoms with van der Waals surface area (Å²) in [6, 6.07) is 1.36. The highest BCUT2D eigenvalue weighted by Gasteiger charge is 2.54. The van der Waals surface area contributed by atoms with Gasteiger partial charge in [0.2, 0.25) is 11.4 Å². The Morgan fingerprint density at radius 1 is 1.22 bits per heavy atom. The number of nitrogens with two attached hydrogens (primary N) is 1. The number of thiazole rings is 1. The fraction of sp³-hybridized carbons (Fsp3) is 0.452. The van der Waals surface area contributed by atoms with Gasteiger partial charge in [0.25, 0.3) is 17.7 Å². The van der Waals surface area contributed by atoms with Crippen molar-refractivity contribution in [2.75, 3.05) is 51.3 Å². The predicted molar refractivity (Wildman–Crippen MR) is 181 cm³/mol. The van der Waals surface area contributed by atoms with Crippen LogP contribution in [0.5, 0.6) is 17.2 Å². The van der Waals surface area contributed by atoms with E-state index in [4.69, 9.17) is 15.3 Å². The number of aliphatic carboxylic acids is 2. The van der Waals surface area contributed by atoms with Gasteiger partial charge in [0.1, 0.15) is 23.7 Å². The Labute approximate surface area is 299 Å². The lowest BCUT2D eigenvalue weighted by Gasteiger charge is -2.51. The summed E-state index contributed by atoms with van der Waals surface area (Å²) >= 11 is 2.27. The maximum absolute atomic E-state index is 13.5. The SMILES string of the molecule is COc1c(C(=O)NCC[N+]2(CC3=C(C(=O)[O-])N4C(=O)[C@@H](NC(=O)/C(=N\OC(C)(C)C(=O)O)c5csc(N)n5)[C@H]4SC3)CCCC2)ccc(O)c1O. The number of benzene rings is 1. The van der Waals surface area contributed by atoms with Gasteiger partial charge in [-0.1, -0.05) is 5.16 Å². The first-order chi connectivity index (χ1) is 24.1. The van der Waals surface area contributed by atoms with Gasteiger partial charge in [-0.25, -0.2) is 9.78 Å². The topological polar surface area (TPSA) is 266 Å². The number of carboxylic acids is 2. The normalized spacial score (nSPS) is 19.9. The number of amides is 3. The fourth-order valence-electron chi connectivity index (χ4n) is 6.12. The summed E-state index contributed by atoms with van der Waals surface area (Å²) in [5.74, 6) is -5.95. The zero-order chi connectivity index (χ0) is 37.2. The van der Waals surface area contributed by atoms with Crippen LogP contribution in [0, 0.1) is 0 Å². The second kappa shape index (κ2) is 14.6. The highest BCUT2D eigenvalue weighted by atomic mass is 32.2. The van der Waals surface area contributed by atoms with Crippen molar-refractivity contribution in [2.45, 2.75) is 43.7 Å². The zero-order valence-corrected chi connectivity index (χ0v) is 29.5. The molecule has 0 spiro atoms. The summed E-state index contributed by atoms with van der Waals surface area (Å²) < 4.78 is 5.55. The van der Waals surface area contributed by atoms with Gasteiger partial charge in [-0.05, 0) is 26.0 Å². The van der Waals surface area contributed by atoms with E-state index in [0.29, 0.717) is 29.7 Å². The number of aromatic hydroxyl groups is 2. The number of ether oxygens (including phenoxy) is 1. The van der Waals surface area contributed by atoms with E-state index in [2.05, 4.69) is 20.8 Å². The number of phenolic OH excluding ortho intramolecular Hbond substituents is 2. The average molecular weight is 748 g/mol. The number of quaternary nitrogens is 1. The van der Waals surface area contributed by atoms with Crippen LogP contribution >= 0.6 is 23.1 Å². The third-order valence-corrected chi connectivity index (χ3v) is 10.9. The molecule has 3 aliphatic rings. The molecule has 0 radical (unpaired) electrons. The summed E-state index contributed by atoms with van der Waals surface area (Å²) in [4.78, 5) is 74.1. The first-order valence-electron chi connectivity index (χ1n) is 15.7. The maximum Gasteiger partial charge on any atom is 0.350 e. The van der Waals surface area contributed by atoms with E-state index in [1.807, 2.05) is 0 Å². The van der Waals surface area contributed by atoms with Gasteiger partial charge < -0.3 is 55.6 Å². The van der Waals surface area contributed by atoms with Crippen molar-refractivity contribution in [1.29, 1.82) is 0 Å². The van der Waals surface area contributed by atoms with Crippen molar-refractivity contribution in [2.24, 2.45) is 5.16 Å². The lowest BCUT2D eigenvalue weighted by Crippen LogP contribution is -2.72. The standard InChI is InChI=1S/C31H37N7O11S2/c1-31(2,29(46)47)49-36-19(17-14-51-30(32)34-17)25(42)35-20-26(43)37-21(28(44)45)15(13-50-27(20)37)12-38(9-4-5-10-38)11-8-33-24(41)16-6-7-18(39)22(40)23(16)48-3/h6-7,14,20,27H,4-5,8-13H2,1-3H3,(H7-,32,33,34,35,36,39,40,41,42,44,45,46,47)/t20-,27-/m1/s1. The van der Waals surface area contributed by atoms with Gasteiger partial charge in [0.05, 0.1) is 50.5 Å². The second-order valence-corrected chi connectivity index (χ2v) is 14.7. The van der Waals surface area contributed by atoms with Gasteiger partial charge in [-0.3, -0.25) is 19.3 Å². The zero-order valence-electron chi connectivity index (χ0n) is 27.8. The number of carbonyl (C=O) groups is 5. The molecule has 7 N–H and O–H groups in total. The number of nitrogens with one attached hydrogen (secondary N) is 2. The molecular formula is C31H37N7O11S2. The molecule has 0 bridgehead atoms. The van der Waals surface area contributed by atoms with E-state index >= 15 is 0 Å². The summed E-state index contributed by atoms with van der Waals surface area (Å²) in [6.07, 6.45) is 1.74. The molecule has 51 heavy (non-hydrogen) atoms. The smallest absolute Gasteiger partial charge is 0.350 e. The molecule has 2 aromatic rings. The van der Waals surface area contributed by atoms with Crippen LogP contribution < -0.4 is 26.2 Å². The van der Waals surface area contributed by atoms with Crippen molar-refractivity contribution in [3.8, 4) is 17.2 Å². The number of carboxylic acid groups (broad SMARTS) is 2. The van der Waals surface area contributed by atoms with E-state index in [1.54, 1.807) is 0 Å². The average Bonchev–Trinajstić information content (AvgIpc) is 3.73. The summed E-state index contributed by atoms with van der Waals surface area (Å²) in [5, 5.41) is 51.6. The molecule has 2 fully saturated rings. The molecule has 0 unspecified atom stereocenters. The monoisotopic (exact) mass is 747 g/mol. The number of hydrogen-bond donors (Lipinski definition) is 6. The van der Waals surface area contributed by atoms with Gasteiger partial charge in [0.15, 0.2) is 22.3 Å². The molecule has 20 heteroatoms. The lowest BCUT2D eigenvalue weighted by atomic mass is 10.0. The number of oxime groups is 1. The summed E-state index contributed by atoms with van der Waals surface area (Å²) in [5.41, 5.74) is 3.73. The number of likely N-dealkylation sites (tertiary alicyclic amines) is 1. The number of hydrogen-bond acceptors (Lipinski definition) is 15. The summed E-state index contributed by atoms with van der Waals surface area (Å²) in [7, 11) is 1.26. The van der Waals surface area contributed by atoms with E-state index in [-0.39, 0.29) is 46.7 Å². The minimum absolute atomic E-state index is 0.00936. The number of thioether (sulfide) groups is 1. The highest BCUT2D eigenvalue weighted by Crippen LogP contribution is 2.41. The molecule has 0 aliphatic carbocycles. The molecule has 1 aromatic carbocycles. The number of nitrogens with zero attached hydrogens (tertiary/aromatic N) is 4. The number of carbonyl (C=O) groups excluding carboxylic acids is 4. The van der Waals surface area contributed by atoms with Crippen LogP contribution in [0.1, 0.15) is 42.7 Å². The number of methoxy groups -OCH3 is 1. The largest absolute Gasteiger partial charge is 0.543 e. The first kappa shape index (κ1) is 37.2. The Hall–Kier alpha value is -5.08. The quantitative estimate of drug-likeness (QED) is 0.0453. The van der Waals surface area contributed by atoms with Crippen LogP contribution in [-0.4, -0.2) is 128 Å². The van der Waals surface area contributed by atoms with Crippen molar-refractivity contribution in [1.82, 2.24) is 20.5 Å². The van der Waals surface area contributed by atoms with E-state index in [1.165, 1.54) is 50.2 Å². The summed E-state index contributed by atoms with van der Waals surface area (Å²) in [6.45, 7) is 4.78. The highest BCUT2D eigenvalue weighted by molar-refractivity contribution is 8.00. The van der Waals surface area contributed by atoms with Crippen LogP contribution in [-0.2, 0) is 24.0 Å². The molecule has 4 heterocycles. The Bertz CT molecular complexity index is 1820. The lowest BCUT2D eigenvalue weighted by molar-refractivity contribution is -0.911. The number of aromatic nitrogens is 1. The number of phenols is 2. The Morgan fingerprint density at radius 2 is 1.92 bits per heavy atom. The maximum atomic E-state index is 13.5. The number of fused-ring (bicyclic) bond motifs is 1. The molecule has 18 nitrogen and oxygen atoms in total. The van der Waals surface area contributed by atoms with Crippen LogP contribution in [0.2, 0.25) is 0 Å². The molecule has 2 atom stereocenters. The van der Waals surface area contributed by atoms with Gasteiger partial charge in [-0.15, -0.1) is 23.1 Å². The molecule has 274 valence electrons. The van der Waals surface area contributed by atoms with Gasteiger partial charge in [-0.2, -0.15) is 0 Å². The van der Waals surface area contributed by atoms with Crippen molar-refractivity contribution < 1.29 is 58.5 Å². The molecular weight excluding hydrogens is 711 g/mol. The molecule has 5 rings (SSSR count). The van der Waals surface area contributed by atoms with E-state index in [9.17, 15) is 44.4 Å². The molecule has 2 saturated heterocycles. The van der Waals surface area contributed by atoms with Crippen LogP contribution in [0.3, 0.4) is 0 Å². The number of β-lactam (4-membered cyclic amide) rings is 1. The van der Waals surface area contributed by atoms with Crippen molar-refractivity contribution in [3.05, 3.63) is 40.0 Å². The fourth-order valence-corrected chi connectivity index (χ4v) is 8.01. The van der Waals surface area contributed by atoms with Crippen molar-refractivity contribution >= 4 is 63.6 Å². The van der Waals surface area contributed by atoms with Crippen LogP contribution in [0.25, 0.3) is 0 Å². The third-order valence-electron chi connectivity index (χ3n) is 8.86. The number of nitrogen functional groups attached to an aromatic ring is 1. The Balaban J connectivity index is 1.30. The van der Waals surface area contributed by atoms with Gasteiger partial charge in [0, 0.05) is 29.5 Å². The van der Waals surface area contributed by atoms with Crippen molar-refractivity contribution in [3.63, 3.8) is 0 Å². The van der Waals surface area contributed by atoms with E-state index in [0.717, 1.165) is 29.1 Å². The van der Waals surface area contributed by atoms with Crippen LogP contribution in [0.4, 0.5) is 5.13 Å². The van der Waals surface area contributed by atoms with Crippen LogP contribution in [0.15, 0.2) is 33.9 Å². The molecule has 1 aromatic heterocycles. The number of anilines is 1. The number of rotatable bonds is 14. The third kappa shape index (κ3) is 7.52. The predicted octanol–water partition coefficient (Wildman–Crippen LogP) is -0.826. The Morgan fingerprint density at radius 3 is 2.53 bits per heavy atom. The molecule has 3 aliphatic heterocycles. The molecule has 0 saturated carbocycles. The van der Waals surface area contributed by atoms with Gasteiger partial charge >= 0.3 is 5.97 Å².